The van der Waals surface area contributed by atoms with Crippen molar-refractivity contribution in [2.24, 2.45) is 0 Å². The molecule has 3 rings (SSSR count). The molecule has 0 saturated carbocycles. The van der Waals surface area contributed by atoms with Crippen molar-refractivity contribution < 1.29 is 9.53 Å². The molecule has 0 radical (unpaired) electrons. The predicted octanol–water partition coefficient (Wildman–Crippen LogP) is 2.14. The Morgan fingerprint density at radius 2 is 2.04 bits per heavy atom. The summed E-state index contributed by atoms with van der Waals surface area (Å²) in [5.74, 6) is 0.0128. The topological polar surface area (TPSA) is 54.5 Å². The predicted molar refractivity (Wildman–Crippen MR) is 94.9 cm³/mol. The van der Waals surface area contributed by atoms with E-state index in [-0.39, 0.29) is 5.91 Å². The highest BCUT2D eigenvalue weighted by atomic mass is 32.1. The molecule has 1 amide bonds. The SMILES string of the molecule is Cc1ccc(CNC(=O)Cc2csc(CN3CCOCC3)n2)cc1. The molecule has 5 nitrogen and oxygen atoms in total. The van der Waals surface area contributed by atoms with E-state index in [0.29, 0.717) is 13.0 Å². The first kappa shape index (κ1) is 17.1. The molecule has 0 unspecified atom stereocenters. The van der Waals surface area contributed by atoms with Crippen molar-refractivity contribution in [1.82, 2.24) is 15.2 Å². The van der Waals surface area contributed by atoms with Gasteiger partial charge in [-0.2, -0.15) is 0 Å². The van der Waals surface area contributed by atoms with Crippen LogP contribution in [0.4, 0.5) is 0 Å². The number of ether oxygens (including phenoxy) is 1. The highest BCUT2D eigenvalue weighted by Crippen LogP contribution is 2.14. The number of carbonyl (C=O) groups is 1. The van der Waals surface area contributed by atoms with Crippen LogP contribution in [-0.2, 0) is 29.0 Å². The van der Waals surface area contributed by atoms with Gasteiger partial charge in [0.25, 0.3) is 0 Å². The van der Waals surface area contributed by atoms with Crippen molar-refractivity contribution in [3.8, 4) is 0 Å². The van der Waals surface area contributed by atoms with Gasteiger partial charge < -0.3 is 10.1 Å². The zero-order valence-corrected chi connectivity index (χ0v) is 14.8. The number of aryl methyl sites for hydroxylation is 1. The van der Waals surface area contributed by atoms with Crippen LogP contribution in [0.15, 0.2) is 29.6 Å². The third-order valence-corrected chi connectivity index (χ3v) is 4.90. The Kier molecular flexibility index (Phi) is 5.96. The van der Waals surface area contributed by atoms with Crippen molar-refractivity contribution in [3.05, 3.63) is 51.5 Å². The van der Waals surface area contributed by atoms with Gasteiger partial charge in [0, 0.05) is 25.0 Å². The monoisotopic (exact) mass is 345 g/mol. The zero-order chi connectivity index (χ0) is 16.8. The summed E-state index contributed by atoms with van der Waals surface area (Å²) in [4.78, 5) is 19.0. The maximum absolute atomic E-state index is 12.1. The van der Waals surface area contributed by atoms with E-state index in [9.17, 15) is 4.79 Å². The summed E-state index contributed by atoms with van der Waals surface area (Å²) in [5, 5.41) is 6.01. The van der Waals surface area contributed by atoms with Gasteiger partial charge >= 0.3 is 0 Å². The van der Waals surface area contributed by atoms with Crippen LogP contribution in [0.2, 0.25) is 0 Å². The maximum Gasteiger partial charge on any atom is 0.226 e. The molecule has 1 N–H and O–H groups in total. The Morgan fingerprint density at radius 3 is 2.79 bits per heavy atom. The third-order valence-electron chi connectivity index (χ3n) is 4.01. The van der Waals surface area contributed by atoms with Crippen LogP contribution in [-0.4, -0.2) is 42.1 Å². The lowest BCUT2D eigenvalue weighted by molar-refractivity contribution is -0.120. The molecule has 0 aliphatic carbocycles. The first-order valence-electron chi connectivity index (χ1n) is 8.25. The van der Waals surface area contributed by atoms with Gasteiger partial charge in [0.15, 0.2) is 0 Å². The van der Waals surface area contributed by atoms with E-state index in [1.54, 1.807) is 11.3 Å². The molecule has 1 fully saturated rings. The molecule has 24 heavy (non-hydrogen) atoms. The number of morpholine rings is 1. The number of nitrogens with zero attached hydrogens (tertiary/aromatic N) is 2. The smallest absolute Gasteiger partial charge is 0.226 e. The van der Waals surface area contributed by atoms with Crippen LogP contribution in [0.3, 0.4) is 0 Å². The number of rotatable bonds is 6. The zero-order valence-electron chi connectivity index (χ0n) is 14.0. The van der Waals surface area contributed by atoms with Crippen LogP contribution in [0.25, 0.3) is 0 Å². The quantitative estimate of drug-likeness (QED) is 0.872. The number of nitrogens with one attached hydrogen (secondary N) is 1. The number of carbonyl (C=O) groups excluding carboxylic acids is 1. The lowest BCUT2D eigenvalue weighted by Gasteiger charge is -2.25. The molecular weight excluding hydrogens is 322 g/mol. The minimum atomic E-state index is 0.0128. The molecule has 128 valence electrons. The Morgan fingerprint density at radius 1 is 1.29 bits per heavy atom. The van der Waals surface area contributed by atoms with Crippen molar-refractivity contribution in [1.29, 1.82) is 0 Å². The minimum absolute atomic E-state index is 0.0128. The lowest BCUT2D eigenvalue weighted by atomic mass is 10.1. The molecule has 1 saturated heterocycles. The summed E-state index contributed by atoms with van der Waals surface area (Å²) < 4.78 is 5.35. The molecule has 1 aromatic heterocycles. The van der Waals surface area contributed by atoms with Crippen LogP contribution < -0.4 is 5.32 Å². The highest BCUT2D eigenvalue weighted by molar-refractivity contribution is 7.09. The Labute approximate surface area is 146 Å². The first-order chi connectivity index (χ1) is 11.7. The second-order valence-corrected chi connectivity index (χ2v) is 7.00. The van der Waals surface area contributed by atoms with Gasteiger partial charge in [0.05, 0.1) is 31.9 Å². The largest absolute Gasteiger partial charge is 0.379 e. The molecule has 1 aromatic carbocycles. The fourth-order valence-corrected chi connectivity index (χ4v) is 3.42. The van der Waals surface area contributed by atoms with Crippen molar-refractivity contribution in [2.45, 2.75) is 26.4 Å². The van der Waals surface area contributed by atoms with E-state index in [0.717, 1.165) is 49.1 Å². The molecule has 6 heteroatoms. The highest BCUT2D eigenvalue weighted by Gasteiger charge is 2.13. The van der Waals surface area contributed by atoms with Crippen LogP contribution in [0, 0.1) is 6.92 Å². The van der Waals surface area contributed by atoms with E-state index in [1.807, 2.05) is 17.5 Å². The standard InChI is InChI=1S/C18H23N3O2S/c1-14-2-4-15(5-3-14)11-19-17(22)10-16-13-24-18(20-16)12-21-6-8-23-9-7-21/h2-5,13H,6-12H2,1H3,(H,19,22). The lowest BCUT2D eigenvalue weighted by Crippen LogP contribution is -2.35. The summed E-state index contributed by atoms with van der Waals surface area (Å²) in [5.41, 5.74) is 3.19. The van der Waals surface area contributed by atoms with Gasteiger partial charge in [0.2, 0.25) is 5.91 Å². The average molecular weight is 345 g/mol. The minimum Gasteiger partial charge on any atom is -0.379 e. The Balaban J connectivity index is 1.45. The number of amides is 1. The second kappa shape index (κ2) is 8.37. The third kappa shape index (κ3) is 5.12. The number of thiazole rings is 1. The molecule has 1 aliphatic rings. The maximum atomic E-state index is 12.1. The molecular formula is C18H23N3O2S. The Bertz CT molecular complexity index is 663. The normalized spacial score (nSPS) is 15.4. The average Bonchev–Trinajstić information content (AvgIpc) is 3.02. The van der Waals surface area contributed by atoms with Gasteiger partial charge in [-0.05, 0) is 12.5 Å². The fraction of sp³-hybridized carbons (Fsp3) is 0.444. The van der Waals surface area contributed by atoms with Crippen LogP contribution >= 0.6 is 11.3 Å². The summed E-state index contributed by atoms with van der Waals surface area (Å²) in [7, 11) is 0. The van der Waals surface area contributed by atoms with Crippen molar-refractivity contribution >= 4 is 17.2 Å². The van der Waals surface area contributed by atoms with Crippen LogP contribution in [0.1, 0.15) is 21.8 Å². The molecule has 2 heterocycles. The van der Waals surface area contributed by atoms with Gasteiger partial charge in [-0.1, -0.05) is 29.8 Å². The molecule has 0 spiro atoms. The van der Waals surface area contributed by atoms with E-state index < -0.39 is 0 Å². The number of hydrogen-bond donors (Lipinski definition) is 1. The van der Waals surface area contributed by atoms with Gasteiger partial charge in [-0.15, -0.1) is 11.3 Å². The second-order valence-electron chi connectivity index (χ2n) is 6.06. The van der Waals surface area contributed by atoms with E-state index in [1.165, 1.54) is 5.56 Å². The summed E-state index contributed by atoms with van der Waals surface area (Å²) in [6, 6.07) is 8.19. The summed E-state index contributed by atoms with van der Waals surface area (Å²) in [6.07, 6.45) is 0.339. The number of benzene rings is 1. The molecule has 0 atom stereocenters. The van der Waals surface area contributed by atoms with Gasteiger partial charge in [0.1, 0.15) is 5.01 Å². The van der Waals surface area contributed by atoms with E-state index in [2.05, 4.69) is 34.3 Å². The van der Waals surface area contributed by atoms with Gasteiger partial charge in [-0.3, -0.25) is 9.69 Å². The first-order valence-corrected chi connectivity index (χ1v) is 9.12. The fourth-order valence-electron chi connectivity index (χ4n) is 2.59. The van der Waals surface area contributed by atoms with Gasteiger partial charge in [-0.25, -0.2) is 4.98 Å². The number of aromatic nitrogens is 1. The molecule has 2 aromatic rings. The van der Waals surface area contributed by atoms with Crippen LogP contribution in [0.5, 0.6) is 0 Å². The molecule has 1 aliphatic heterocycles. The van der Waals surface area contributed by atoms with E-state index >= 15 is 0 Å². The summed E-state index contributed by atoms with van der Waals surface area (Å²) in [6.45, 7) is 6.94. The van der Waals surface area contributed by atoms with E-state index in [4.69, 9.17) is 4.74 Å². The van der Waals surface area contributed by atoms with Crippen molar-refractivity contribution in [3.63, 3.8) is 0 Å². The Hall–Kier alpha value is -1.76. The number of hydrogen-bond acceptors (Lipinski definition) is 5. The van der Waals surface area contributed by atoms with Crippen molar-refractivity contribution in [2.75, 3.05) is 26.3 Å². The molecule has 0 bridgehead atoms. The summed E-state index contributed by atoms with van der Waals surface area (Å²) >= 11 is 1.63.